The molecule has 58 heavy (non-hydrogen) atoms. The van der Waals surface area contributed by atoms with Crippen molar-refractivity contribution in [1.29, 1.82) is 5.26 Å². The average molecular weight is 740 g/mol. The van der Waals surface area contributed by atoms with Crippen LogP contribution in [0.1, 0.15) is 28.3 Å². The Labute approximate surface area is 336 Å². The lowest BCUT2D eigenvalue weighted by Gasteiger charge is -2.28. The van der Waals surface area contributed by atoms with Gasteiger partial charge in [-0.15, -0.1) is 0 Å². The molecule has 10 aromatic rings. The van der Waals surface area contributed by atoms with Gasteiger partial charge in [-0.1, -0.05) is 133 Å². The Balaban J connectivity index is 1.19. The summed E-state index contributed by atoms with van der Waals surface area (Å²) in [5.74, 6) is 0.411. The van der Waals surface area contributed by atoms with E-state index in [-0.39, 0.29) is 5.92 Å². The molecule has 1 unspecified atom stereocenters. The molecular weight excluding hydrogens is 707 g/mol. The van der Waals surface area contributed by atoms with E-state index >= 15 is 0 Å². The number of rotatable bonds is 8. The Morgan fingerprint density at radius 3 is 1.78 bits per heavy atom. The SMILES string of the molecule is [C-]#[N+]c1cc(-c2ccccc2)ccc1C(c1ccccn1)c1ccc2ccc3c(N(c4ccccn4)c4ccc(-c5ccccc5)cc4C#N)ccc4ccc1c2c43. The number of hydrogen-bond donors (Lipinski definition) is 0. The molecule has 0 bridgehead atoms. The second-order valence-corrected chi connectivity index (χ2v) is 14.3. The first-order valence-electron chi connectivity index (χ1n) is 19.2. The fraction of sp³-hybridized carbons (Fsp3) is 0.0189. The summed E-state index contributed by atoms with van der Waals surface area (Å²) in [5, 5.41) is 17.3. The van der Waals surface area contributed by atoms with Gasteiger partial charge < -0.3 is 0 Å². The van der Waals surface area contributed by atoms with Crippen LogP contribution in [-0.2, 0) is 0 Å². The van der Waals surface area contributed by atoms with Gasteiger partial charge in [0.1, 0.15) is 11.9 Å². The first-order valence-corrected chi connectivity index (χ1v) is 19.2. The molecule has 0 spiro atoms. The third-order valence-corrected chi connectivity index (χ3v) is 11.1. The third-order valence-electron chi connectivity index (χ3n) is 11.1. The maximum absolute atomic E-state index is 10.6. The predicted octanol–water partition coefficient (Wildman–Crippen LogP) is 13.8. The molecular formula is C53H33N5. The standard InChI is InChI=1S/C53H33N5/c1-55-47-33-40(36-14-6-3-7-15-36)21-26-44(47)53(46-16-8-10-30-56-46)43-25-19-37-20-27-45-49(29-22-38-18-24-42(43)51(37)52(38)45)58(50-17-9-11-31-57-50)48-28-23-39(32-41(48)34-54)35-12-4-2-5-13-35/h2-33,53H. The van der Waals surface area contributed by atoms with E-state index in [9.17, 15) is 5.26 Å². The second kappa shape index (κ2) is 14.5. The number of aromatic nitrogens is 2. The third kappa shape index (κ3) is 5.87. The molecule has 0 aliphatic carbocycles. The zero-order chi connectivity index (χ0) is 39.0. The van der Waals surface area contributed by atoms with Gasteiger partial charge in [0.2, 0.25) is 0 Å². The lowest BCUT2D eigenvalue weighted by Crippen LogP contribution is -2.13. The van der Waals surface area contributed by atoms with E-state index in [0.29, 0.717) is 17.1 Å². The van der Waals surface area contributed by atoms with Crippen LogP contribution in [0, 0.1) is 17.9 Å². The number of pyridine rings is 2. The second-order valence-electron chi connectivity index (χ2n) is 14.3. The Bertz CT molecular complexity index is 2970. The summed E-state index contributed by atoms with van der Waals surface area (Å²) in [6, 6.07) is 64.5. The van der Waals surface area contributed by atoms with Gasteiger partial charge in [-0.3, -0.25) is 9.88 Å². The highest BCUT2D eigenvalue weighted by molar-refractivity contribution is 6.26. The van der Waals surface area contributed by atoms with Crippen LogP contribution in [0.25, 0.3) is 59.4 Å². The Morgan fingerprint density at radius 1 is 0.517 bits per heavy atom. The van der Waals surface area contributed by atoms with E-state index in [0.717, 1.165) is 82.8 Å². The number of nitriles is 1. The van der Waals surface area contributed by atoms with Gasteiger partial charge in [0.15, 0.2) is 5.69 Å². The molecule has 5 heteroatoms. The van der Waals surface area contributed by atoms with Crippen LogP contribution in [0.5, 0.6) is 0 Å². The van der Waals surface area contributed by atoms with Crippen molar-refractivity contribution < 1.29 is 0 Å². The van der Waals surface area contributed by atoms with Crippen molar-refractivity contribution in [3.05, 3.63) is 228 Å². The number of hydrogen-bond acceptors (Lipinski definition) is 4. The van der Waals surface area contributed by atoms with Crippen LogP contribution >= 0.6 is 0 Å². The summed E-state index contributed by atoms with van der Waals surface area (Å²) in [6.45, 7) is 8.36. The topological polar surface area (TPSA) is 57.2 Å². The maximum atomic E-state index is 10.6. The normalized spacial score (nSPS) is 11.7. The molecule has 2 heterocycles. The van der Waals surface area contributed by atoms with Crippen LogP contribution in [0.15, 0.2) is 194 Å². The zero-order valence-electron chi connectivity index (χ0n) is 31.3. The van der Waals surface area contributed by atoms with Crippen molar-refractivity contribution in [3.8, 4) is 28.3 Å². The Morgan fingerprint density at radius 2 is 1.10 bits per heavy atom. The van der Waals surface area contributed by atoms with Crippen LogP contribution < -0.4 is 4.90 Å². The summed E-state index contributed by atoms with van der Waals surface area (Å²) in [5.41, 5.74) is 9.78. The van der Waals surface area contributed by atoms with E-state index in [2.05, 4.69) is 113 Å². The first-order chi connectivity index (χ1) is 28.7. The lowest BCUT2D eigenvalue weighted by atomic mass is 9.81. The Hall–Kier alpha value is -8.12. The lowest BCUT2D eigenvalue weighted by molar-refractivity contribution is 0.932. The van der Waals surface area contributed by atoms with Crippen LogP contribution in [0.3, 0.4) is 0 Å². The van der Waals surface area contributed by atoms with Gasteiger partial charge in [-0.25, -0.2) is 9.83 Å². The van der Waals surface area contributed by atoms with Crippen molar-refractivity contribution in [2.75, 3.05) is 4.90 Å². The monoisotopic (exact) mass is 739 g/mol. The maximum Gasteiger partial charge on any atom is 0.192 e. The summed E-state index contributed by atoms with van der Waals surface area (Å²) >= 11 is 0. The average Bonchev–Trinajstić information content (AvgIpc) is 3.30. The van der Waals surface area contributed by atoms with E-state index in [1.54, 1.807) is 6.20 Å². The minimum atomic E-state index is -0.300. The number of benzene rings is 8. The fourth-order valence-electron chi connectivity index (χ4n) is 8.48. The molecule has 2 aromatic heterocycles. The molecule has 5 nitrogen and oxygen atoms in total. The molecule has 0 N–H and O–H groups in total. The summed E-state index contributed by atoms with van der Waals surface area (Å²) in [4.78, 5) is 15.9. The van der Waals surface area contributed by atoms with Gasteiger partial charge in [0.25, 0.3) is 0 Å². The molecule has 1 atom stereocenters. The molecule has 0 aliphatic rings. The quantitative estimate of drug-likeness (QED) is 0.115. The van der Waals surface area contributed by atoms with Gasteiger partial charge in [-0.2, -0.15) is 5.26 Å². The summed E-state index contributed by atoms with van der Waals surface area (Å²) in [7, 11) is 0. The molecule has 270 valence electrons. The molecule has 0 aliphatic heterocycles. The first kappa shape index (κ1) is 34.4. The van der Waals surface area contributed by atoms with E-state index in [1.807, 2.05) is 91.1 Å². The van der Waals surface area contributed by atoms with Crippen molar-refractivity contribution in [1.82, 2.24) is 9.97 Å². The predicted molar refractivity (Wildman–Crippen MR) is 236 cm³/mol. The molecule has 0 saturated heterocycles. The molecule has 8 aromatic carbocycles. The van der Waals surface area contributed by atoms with Crippen molar-refractivity contribution >= 4 is 55.2 Å². The van der Waals surface area contributed by atoms with E-state index in [4.69, 9.17) is 16.5 Å². The van der Waals surface area contributed by atoms with Gasteiger partial charge in [0, 0.05) is 23.7 Å². The molecule has 0 amide bonds. The van der Waals surface area contributed by atoms with Crippen LogP contribution in [-0.4, -0.2) is 9.97 Å². The van der Waals surface area contributed by atoms with Gasteiger partial charge >= 0.3 is 0 Å². The number of nitrogens with zero attached hydrogens (tertiary/aromatic N) is 5. The van der Waals surface area contributed by atoms with Crippen molar-refractivity contribution in [3.63, 3.8) is 0 Å². The molecule has 0 fully saturated rings. The number of anilines is 3. The molecule has 10 rings (SSSR count). The smallest absolute Gasteiger partial charge is 0.192 e. The van der Waals surface area contributed by atoms with E-state index in [1.165, 1.54) is 0 Å². The summed E-state index contributed by atoms with van der Waals surface area (Å²) < 4.78 is 0. The van der Waals surface area contributed by atoms with Gasteiger partial charge in [-0.05, 0) is 109 Å². The largest absolute Gasteiger partial charge is 0.293 e. The van der Waals surface area contributed by atoms with Crippen LogP contribution in [0.2, 0.25) is 0 Å². The zero-order valence-corrected chi connectivity index (χ0v) is 31.3. The fourth-order valence-corrected chi connectivity index (χ4v) is 8.48. The highest BCUT2D eigenvalue weighted by atomic mass is 15.2. The molecule has 0 saturated carbocycles. The minimum Gasteiger partial charge on any atom is -0.293 e. The highest BCUT2D eigenvalue weighted by Gasteiger charge is 2.26. The summed E-state index contributed by atoms with van der Waals surface area (Å²) in [6.07, 6.45) is 3.62. The van der Waals surface area contributed by atoms with Crippen LogP contribution in [0.4, 0.5) is 22.9 Å². The molecule has 0 radical (unpaired) electrons. The minimum absolute atomic E-state index is 0.300. The van der Waals surface area contributed by atoms with Crippen molar-refractivity contribution in [2.45, 2.75) is 5.92 Å². The van der Waals surface area contributed by atoms with Gasteiger partial charge in [0.05, 0.1) is 29.2 Å². The highest BCUT2D eigenvalue weighted by Crippen LogP contribution is 2.48. The van der Waals surface area contributed by atoms with Crippen molar-refractivity contribution in [2.24, 2.45) is 0 Å². The Kier molecular flexibility index (Phi) is 8.60. The van der Waals surface area contributed by atoms with E-state index < -0.39 is 0 Å².